The van der Waals surface area contributed by atoms with Gasteiger partial charge in [0.2, 0.25) is 15.9 Å². The van der Waals surface area contributed by atoms with Crippen LogP contribution in [0.25, 0.3) is 11.3 Å². The number of nitrogens with zero attached hydrogens (tertiary/aromatic N) is 3. The second-order valence-electron chi connectivity index (χ2n) is 7.47. The Kier molecular flexibility index (Phi) is 5.97. The quantitative estimate of drug-likeness (QED) is 0.633. The maximum absolute atomic E-state index is 12.8. The molecule has 0 bridgehead atoms. The van der Waals surface area contributed by atoms with Crippen molar-refractivity contribution in [3.8, 4) is 11.3 Å². The van der Waals surface area contributed by atoms with Crippen molar-refractivity contribution in [2.75, 3.05) is 23.3 Å². The molecule has 1 atom stereocenters. The highest BCUT2D eigenvalue weighted by Gasteiger charge is 2.27. The van der Waals surface area contributed by atoms with Gasteiger partial charge in [0.15, 0.2) is 0 Å². The van der Waals surface area contributed by atoms with Crippen LogP contribution in [-0.4, -0.2) is 37.4 Å². The number of primary sulfonamides is 1. The van der Waals surface area contributed by atoms with E-state index >= 15 is 0 Å². The lowest BCUT2D eigenvalue weighted by atomic mass is 9.97. The van der Waals surface area contributed by atoms with Gasteiger partial charge in [0, 0.05) is 30.4 Å². The van der Waals surface area contributed by atoms with Crippen LogP contribution in [0.5, 0.6) is 0 Å². The molecule has 0 radical (unpaired) electrons. The average Bonchev–Trinajstić information content (AvgIpc) is 2.79. The van der Waals surface area contributed by atoms with Gasteiger partial charge in [-0.25, -0.2) is 23.5 Å². The second kappa shape index (κ2) is 8.83. The number of nitrogens with two attached hydrogens (primary N) is 1. The molecule has 1 unspecified atom stereocenters. The lowest BCUT2D eigenvalue weighted by Crippen LogP contribution is -2.41. The maximum atomic E-state index is 12.8. The van der Waals surface area contributed by atoms with Crippen LogP contribution in [-0.2, 0) is 14.8 Å². The van der Waals surface area contributed by atoms with Gasteiger partial charge in [-0.05, 0) is 37.1 Å². The molecule has 8 nitrogen and oxygen atoms in total. The van der Waals surface area contributed by atoms with Crippen LogP contribution in [0.4, 0.5) is 11.5 Å². The van der Waals surface area contributed by atoms with Gasteiger partial charge in [0.05, 0.1) is 16.5 Å². The Balaban J connectivity index is 1.44. The van der Waals surface area contributed by atoms with E-state index in [1.54, 1.807) is 6.33 Å². The number of nitrogens with one attached hydrogen (secondary N) is 1. The lowest BCUT2D eigenvalue weighted by Gasteiger charge is -2.33. The van der Waals surface area contributed by atoms with Crippen molar-refractivity contribution in [2.45, 2.75) is 17.7 Å². The Bertz CT molecular complexity index is 1170. The van der Waals surface area contributed by atoms with Crippen LogP contribution in [0.2, 0.25) is 0 Å². The molecule has 2 aromatic carbocycles. The van der Waals surface area contributed by atoms with Crippen LogP contribution in [0.3, 0.4) is 0 Å². The summed E-state index contributed by atoms with van der Waals surface area (Å²) < 4.78 is 22.7. The predicted molar refractivity (Wildman–Crippen MR) is 119 cm³/mol. The Labute approximate surface area is 181 Å². The van der Waals surface area contributed by atoms with Gasteiger partial charge in [-0.1, -0.05) is 30.3 Å². The minimum absolute atomic E-state index is 0.00678. The summed E-state index contributed by atoms with van der Waals surface area (Å²) in [5.74, 6) is 0.482. The van der Waals surface area contributed by atoms with Crippen molar-refractivity contribution in [3.05, 3.63) is 67.0 Å². The summed E-state index contributed by atoms with van der Waals surface area (Å²) in [5, 5.41) is 7.98. The van der Waals surface area contributed by atoms with Crippen molar-refractivity contribution in [1.82, 2.24) is 9.97 Å². The standard InChI is InChI=1S/C22H23N5O3S/c23-31(29,30)19-10-8-18(9-11-19)26-22(28)17-7-4-12-27(14-17)21-13-20(24-15-25-21)16-5-2-1-3-6-16/h1-3,5-6,8-11,13,15,17H,4,7,12,14H2,(H,26,28)(H2,23,29,30). The van der Waals surface area contributed by atoms with Gasteiger partial charge < -0.3 is 10.2 Å². The van der Waals surface area contributed by atoms with E-state index in [2.05, 4.69) is 20.2 Å². The van der Waals surface area contributed by atoms with E-state index in [1.165, 1.54) is 24.3 Å². The zero-order valence-electron chi connectivity index (χ0n) is 16.8. The first-order valence-corrected chi connectivity index (χ1v) is 11.5. The maximum Gasteiger partial charge on any atom is 0.238 e. The molecule has 1 aliphatic heterocycles. The molecule has 160 valence electrons. The number of amides is 1. The number of rotatable bonds is 5. The average molecular weight is 438 g/mol. The smallest absolute Gasteiger partial charge is 0.238 e. The summed E-state index contributed by atoms with van der Waals surface area (Å²) in [6.45, 7) is 1.37. The minimum Gasteiger partial charge on any atom is -0.356 e. The monoisotopic (exact) mass is 437 g/mol. The highest BCUT2D eigenvalue weighted by Crippen LogP contribution is 2.26. The fourth-order valence-corrected chi connectivity index (χ4v) is 4.17. The van der Waals surface area contributed by atoms with Gasteiger partial charge in [0.1, 0.15) is 12.1 Å². The summed E-state index contributed by atoms with van der Waals surface area (Å²) >= 11 is 0. The number of hydrogen-bond donors (Lipinski definition) is 2. The van der Waals surface area contributed by atoms with Gasteiger partial charge in [0.25, 0.3) is 0 Å². The Hall–Kier alpha value is -3.30. The molecule has 4 rings (SSSR count). The molecule has 0 saturated carbocycles. The summed E-state index contributed by atoms with van der Waals surface area (Å²) in [6.07, 6.45) is 3.19. The van der Waals surface area contributed by atoms with Gasteiger partial charge in [-0.3, -0.25) is 4.79 Å². The van der Waals surface area contributed by atoms with E-state index in [1.807, 2.05) is 36.4 Å². The zero-order chi connectivity index (χ0) is 21.8. The predicted octanol–water partition coefficient (Wildman–Crippen LogP) is 2.65. The van der Waals surface area contributed by atoms with Crippen LogP contribution in [0.15, 0.2) is 71.9 Å². The molecule has 3 aromatic rings. The molecule has 31 heavy (non-hydrogen) atoms. The fraction of sp³-hybridized carbons (Fsp3) is 0.227. The minimum atomic E-state index is -3.76. The van der Waals surface area contributed by atoms with Crippen molar-refractivity contribution in [3.63, 3.8) is 0 Å². The van der Waals surface area contributed by atoms with E-state index < -0.39 is 10.0 Å². The molecule has 0 spiro atoms. The van der Waals surface area contributed by atoms with Crippen molar-refractivity contribution < 1.29 is 13.2 Å². The lowest BCUT2D eigenvalue weighted by molar-refractivity contribution is -0.120. The molecule has 1 aliphatic rings. The SMILES string of the molecule is NS(=O)(=O)c1ccc(NC(=O)C2CCCN(c3cc(-c4ccccc4)ncn3)C2)cc1. The summed E-state index contributed by atoms with van der Waals surface area (Å²) in [7, 11) is -3.76. The van der Waals surface area contributed by atoms with Crippen molar-refractivity contribution in [2.24, 2.45) is 11.1 Å². The van der Waals surface area contributed by atoms with Crippen LogP contribution in [0, 0.1) is 5.92 Å². The molecular formula is C22H23N5O3S. The molecule has 1 saturated heterocycles. The van der Waals surface area contributed by atoms with Crippen LogP contribution in [0.1, 0.15) is 12.8 Å². The highest BCUT2D eigenvalue weighted by molar-refractivity contribution is 7.89. The molecule has 0 aliphatic carbocycles. The molecule has 9 heteroatoms. The fourth-order valence-electron chi connectivity index (χ4n) is 3.66. The number of carbonyl (C=O) groups is 1. The summed E-state index contributed by atoms with van der Waals surface area (Å²) in [4.78, 5) is 23.7. The zero-order valence-corrected chi connectivity index (χ0v) is 17.6. The van der Waals surface area contributed by atoms with Gasteiger partial charge in [-0.2, -0.15) is 0 Å². The molecule has 3 N–H and O–H groups in total. The van der Waals surface area contributed by atoms with Crippen molar-refractivity contribution >= 4 is 27.4 Å². The van der Waals surface area contributed by atoms with Gasteiger partial charge >= 0.3 is 0 Å². The number of piperidine rings is 1. The topological polar surface area (TPSA) is 118 Å². The third kappa shape index (κ3) is 5.07. The third-order valence-electron chi connectivity index (χ3n) is 5.29. The van der Waals surface area contributed by atoms with E-state index in [9.17, 15) is 13.2 Å². The number of hydrogen-bond acceptors (Lipinski definition) is 6. The molecular weight excluding hydrogens is 414 g/mol. The Morgan fingerprint density at radius 1 is 1.06 bits per heavy atom. The number of benzene rings is 2. The van der Waals surface area contributed by atoms with Crippen LogP contribution >= 0.6 is 0 Å². The van der Waals surface area contributed by atoms with Gasteiger partial charge in [-0.15, -0.1) is 0 Å². The molecule has 1 fully saturated rings. The third-order valence-corrected chi connectivity index (χ3v) is 6.22. The first-order chi connectivity index (χ1) is 14.9. The molecule has 2 heterocycles. The highest BCUT2D eigenvalue weighted by atomic mass is 32.2. The normalized spacial score (nSPS) is 16.7. The molecule has 1 amide bonds. The number of sulfonamides is 1. The first kappa shape index (κ1) is 21.0. The van der Waals surface area contributed by atoms with E-state index in [0.717, 1.165) is 36.5 Å². The van der Waals surface area contributed by atoms with Crippen molar-refractivity contribution in [1.29, 1.82) is 0 Å². The Morgan fingerprint density at radius 3 is 2.52 bits per heavy atom. The summed E-state index contributed by atoms with van der Waals surface area (Å²) in [6, 6.07) is 17.7. The summed E-state index contributed by atoms with van der Waals surface area (Å²) in [5.41, 5.74) is 2.38. The second-order valence-corrected chi connectivity index (χ2v) is 9.03. The first-order valence-electron chi connectivity index (χ1n) is 9.96. The number of aromatic nitrogens is 2. The van der Waals surface area contributed by atoms with E-state index in [0.29, 0.717) is 12.2 Å². The van der Waals surface area contributed by atoms with E-state index in [-0.39, 0.29) is 16.7 Å². The Morgan fingerprint density at radius 2 is 1.81 bits per heavy atom. The number of carbonyl (C=O) groups excluding carboxylic acids is 1. The number of anilines is 2. The van der Waals surface area contributed by atoms with Crippen LogP contribution < -0.4 is 15.4 Å². The largest absolute Gasteiger partial charge is 0.356 e. The van der Waals surface area contributed by atoms with E-state index in [4.69, 9.17) is 5.14 Å². The molecule has 1 aromatic heterocycles.